The molecule has 7 N–H and O–H groups in total. The van der Waals surface area contributed by atoms with Crippen LogP contribution in [0.15, 0.2) is 33.9 Å². The van der Waals surface area contributed by atoms with Gasteiger partial charge in [-0.05, 0) is 26.0 Å². The van der Waals surface area contributed by atoms with E-state index in [0.29, 0.717) is 36.2 Å². The van der Waals surface area contributed by atoms with Crippen LogP contribution < -0.4 is 11.1 Å². The molecule has 51 heavy (non-hydrogen) atoms. The molecule has 2 aromatic rings. The maximum Gasteiger partial charge on any atom is 0.352 e. The van der Waals surface area contributed by atoms with Crippen LogP contribution in [0.3, 0.4) is 0 Å². The van der Waals surface area contributed by atoms with Crippen molar-refractivity contribution in [3.8, 4) is 11.5 Å². The Kier molecular flexibility index (Phi) is 9.59. The monoisotopic (exact) mass is 764 g/mol. The first-order valence-electron chi connectivity index (χ1n) is 15.8. The molecule has 3 saturated heterocycles. The lowest BCUT2D eigenvalue weighted by Gasteiger charge is -2.51. The lowest BCUT2D eigenvalue weighted by atomic mass is 10.0. The largest absolute Gasteiger partial charge is 0.504 e. The number of rotatable bonds is 10. The standard InChI is InChI=1S/C31H34ClN7O10S2/c1-31(2,29(47)48)49-36-20(17-13-51-30(33)34-17)24(42)35-21-26(44)38-22(28(45)46)14(12-50-27(21)38)11-39-8-3-4-15(39)10-37(7-9-39)25(43)16-5-6-18(40)23(41)19(16)32/h5-6,13,15,21,27H,3-4,7-12H2,1-2H3,(H6-,33,34,35,36,40,41,42,43,45,46,47,48)/p+1/t15-,21-,27-,39?/m1/s1. The van der Waals surface area contributed by atoms with Crippen LogP contribution in [0.25, 0.3) is 0 Å². The van der Waals surface area contributed by atoms with Gasteiger partial charge in [-0.25, -0.2) is 14.6 Å². The van der Waals surface area contributed by atoms with Gasteiger partial charge >= 0.3 is 11.9 Å². The number of carbonyl (C=O) groups excluding carboxylic acids is 3. The lowest BCUT2D eigenvalue weighted by Crippen LogP contribution is -2.71. The molecular formula is C31H35ClN7O10S2+. The molecule has 5 heterocycles. The molecule has 17 nitrogen and oxygen atoms in total. The predicted octanol–water partition coefficient (Wildman–Crippen LogP) is 1.25. The van der Waals surface area contributed by atoms with E-state index in [1.807, 2.05) is 0 Å². The fourth-order valence-electron chi connectivity index (χ4n) is 6.88. The predicted molar refractivity (Wildman–Crippen MR) is 184 cm³/mol. The molecule has 4 aliphatic rings. The number of β-lactam (4-membered cyclic amide) rings is 1. The lowest BCUT2D eigenvalue weighted by molar-refractivity contribution is -0.938. The number of thioether (sulfide) groups is 1. The molecule has 272 valence electrons. The molecule has 6 rings (SSSR count). The third-order valence-corrected chi connectivity index (χ3v) is 12.1. The number of carboxylic acids is 2. The van der Waals surface area contributed by atoms with E-state index in [0.717, 1.165) is 30.7 Å². The quantitative estimate of drug-likeness (QED) is 0.0657. The summed E-state index contributed by atoms with van der Waals surface area (Å²) in [4.78, 5) is 76.6. The van der Waals surface area contributed by atoms with Gasteiger partial charge < -0.3 is 45.7 Å². The first-order chi connectivity index (χ1) is 24.0. The number of hydrogen-bond donors (Lipinski definition) is 6. The molecular weight excluding hydrogens is 730 g/mol. The summed E-state index contributed by atoms with van der Waals surface area (Å²) in [6.45, 7) is 4.84. The molecule has 1 aromatic carbocycles. The number of aliphatic carboxylic acids is 2. The minimum Gasteiger partial charge on any atom is -0.504 e. The van der Waals surface area contributed by atoms with Crippen LogP contribution in [0.2, 0.25) is 5.02 Å². The fourth-order valence-corrected chi connectivity index (χ4v) is 9.00. The normalized spacial score (nSPS) is 24.8. The number of benzene rings is 1. The number of amides is 3. The highest BCUT2D eigenvalue weighted by molar-refractivity contribution is 8.00. The third kappa shape index (κ3) is 6.54. The van der Waals surface area contributed by atoms with Crippen molar-refractivity contribution in [2.24, 2.45) is 5.16 Å². The average molecular weight is 765 g/mol. The summed E-state index contributed by atoms with van der Waals surface area (Å²) in [5.74, 6) is -5.24. The minimum atomic E-state index is -1.79. The van der Waals surface area contributed by atoms with E-state index in [1.54, 1.807) is 4.90 Å². The number of thiazole rings is 1. The van der Waals surface area contributed by atoms with Crippen LogP contribution in [0.5, 0.6) is 11.5 Å². The number of aromatic hydroxyl groups is 2. The number of carboxylic acid groups (broad SMARTS) is 2. The molecule has 0 aliphatic carbocycles. The highest BCUT2D eigenvalue weighted by Crippen LogP contribution is 2.43. The van der Waals surface area contributed by atoms with Crippen LogP contribution in [-0.2, 0) is 24.0 Å². The molecule has 4 atom stereocenters. The van der Waals surface area contributed by atoms with E-state index in [2.05, 4.69) is 15.5 Å². The van der Waals surface area contributed by atoms with Crippen molar-refractivity contribution < 1.29 is 53.7 Å². The Morgan fingerprint density at radius 1 is 1.22 bits per heavy atom. The molecule has 0 radical (unpaired) electrons. The zero-order valence-electron chi connectivity index (χ0n) is 27.4. The smallest absolute Gasteiger partial charge is 0.352 e. The summed E-state index contributed by atoms with van der Waals surface area (Å²) < 4.78 is 0.543. The maximum absolute atomic E-state index is 13.5. The van der Waals surface area contributed by atoms with E-state index in [4.69, 9.17) is 22.2 Å². The molecule has 1 unspecified atom stereocenters. The van der Waals surface area contributed by atoms with Crippen LogP contribution in [0.4, 0.5) is 5.13 Å². The Labute approximate surface area is 303 Å². The van der Waals surface area contributed by atoms with E-state index < -0.39 is 58.0 Å². The second-order valence-corrected chi connectivity index (χ2v) is 15.6. The number of phenolic OH excluding ortho intramolecular Hbond substituents is 2. The van der Waals surface area contributed by atoms with Gasteiger partial charge in [0, 0.05) is 29.5 Å². The Bertz CT molecular complexity index is 1900. The number of anilines is 1. The van der Waals surface area contributed by atoms with Gasteiger partial charge in [0.2, 0.25) is 5.60 Å². The molecule has 1 aromatic heterocycles. The fraction of sp³-hybridized carbons (Fsp3) is 0.452. The molecule has 0 bridgehead atoms. The summed E-state index contributed by atoms with van der Waals surface area (Å²) in [6, 6.07) is 1.44. The van der Waals surface area contributed by atoms with Crippen molar-refractivity contribution in [3.05, 3.63) is 45.1 Å². The zero-order valence-corrected chi connectivity index (χ0v) is 29.8. The summed E-state index contributed by atoms with van der Waals surface area (Å²) in [6.07, 6.45) is 1.65. The number of nitrogen functional groups attached to an aromatic ring is 1. The molecule has 0 spiro atoms. The number of nitrogens with zero attached hydrogens (tertiary/aromatic N) is 5. The zero-order chi connectivity index (χ0) is 37.0. The number of aromatic nitrogens is 1. The Balaban J connectivity index is 1.18. The van der Waals surface area contributed by atoms with Crippen molar-refractivity contribution in [1.29, 1.82) is 0 Å². The molecule has 0 saturated carbocycles. The van der Waals surface area contributed by atoms with Crippen LogP contribution in [-0.4, -0.2) is 137 Å². The first kappa shape index (κ1) is 36.2. The topological polar surface area (TPSA) is 245 Å². The van der Waals surface area contributed by atoms with Gasteiger partial charge in [0.25, 0.3) is 17.7 Å². The second kappa shape index (κ2) is 13.5. The number of hydrogen-bond acceptors (Lipinski definition) is 13. The van der Waals surface area contributed by atoms with Gasteiger partial charge in [-0.3, -0.25) is 19.3 Å². The number of fused-ring (bicyclic) bond motifs is 2. The molecule has 4 aliphatic heterocycles. The number of quaternary nitrogens is 1. The number of nitrogens with one attached hydrogen (secondary N) is 1. The molecule has 20 heteroatoms. The highest BCUT2D eigenvalue weighted by atomic mass is 35.5. The number of halogens is 1. The Morgan fingerprint density at radius 2 is 1.96 bits per heavy atom. The Morgan fingerprint density at radius 3 is 2.63 bits per heavy atom. The average Bonchev–Trinajstić information content (AvgIpc) is 3.71. The maximum atomic E-state index is 13.5. The van der Waals surface area contributed by atoms with Gasteiger partial charge in [-0.1, -0.05) is 16.8 Å². The number of oxime groups is 1. The number of piperazine rings is 1. The van der Waals surface area contributed by atoms with Gasteiger partial charge in [-0.15, -0.1) is 23.1 Å². The second-order valence-electron chi connectivity index (χ2n) is 13.2. The van der Waals surface area contributed by atoms with Crippen LogP contribution >= 0.6 is 34.7 Å². The van der Waals surface area contributed by atoms with Gasteiger partial charge in [0.15, 0.2) is 22.3 Å². The molecule has 3 fully saturated rings. The van der Waals surface area contributed by atoms with Crippen molar-refractivity contribution in [2.75, 3.05) is 44.2 Å². The number of nitrogens with two attached hydrogens (primary N) is 1. The Hall–Kier alpha value is -4.59. The van der Waals surface area contributed by atoms with Crippen molar-refractivity contribution in [3.63, 3.8) is 0 Å². The SMILES string of the molecule is CC(C)(O/N=C(\C(=O)N[C@@H]1C(=O)N2C(C(=O)O)=C(C[N+]34CCC[C@@H]3CN(C(=O)c3ccc(O)c(O)c3Cl)CC4)CS[C@H]12)c1csc(N)n1)C(=O)O. The minimum absolute atomic E-state index is 0.00437. The first-order valence-corrected chi connectivity index (χ1v) is 18.1. The molecule has 3 amide bonds. The van der Waals surface area contributed by atoms with Gasteiger partial charge in [0.05, 0.1) is 36.8 Å². The van der Waals surface area contributed by atoms with Crippen molar-refractivity contribution in [1.82, 2.24) is 20.1 Å². The highest BCUT2D eigenvalue weighted by Gasteiger charge is 2.56. The van der Waals surface area contributed by atoms with Crippen molar-refractivity contribution >= 4 is 75.2 Å². The third-order valence-electron chi connectivity index (χ3n) is 9.68. The summed E-state index contributed by atoms with van der Waals surface area (Å²) in [5.41, 5.74) is 4.05. The summed E-state index contributed by atoms with van der Waals surface area (Å²) in [7, 11) is 0. The van der Waals surface area contributed by atoms with Crippen LogP contribution in [0.1, 0.15) is 42.7 Å². The summed E-state index contributed by atoms with van der Waals surface area (Å²) in [5, 5.41) is 46.5. The van der Waals surface area contributed by atoms with Gasteiger partial charge in [0.1, 0.15) is 35.4 Å². The van der Waals surface area contributed by atoms with E-state index in [1.165, 1.54) is 48.0 Å². The summed E-state index contributed by atoms with van der Waals surface area (Å²) >= 11 is 8.49. The van der Waals surface area contributed by atoms with E-state index >= 15 is 0 Å². The van der Waals surface area contributed by atoms with E-state index in [-0.39, 0.29) is 44.8 Å². The van der Waals surface area contributed by atoms with Crippen molar-refractivity contribution in [2.45, 2.75) is 49.7 Å². The van der Waals surface area contributed by atoms with Crippen LogP contribution in [0, 0.1) is 0 Å². The number of carbonyl (C=O) groups is 5. The number of phenols is 2. The van der Waals surface area contributed by atoms with Gasteiger partial charge in [-0.2, -0.15) is 0 Å². The van der Waals surface area contributed by atoms with E-state index in [9.17, 15) is 44.4 Å².